The molecule has 0 spiro atoms. The van der Waals surface area contributed by atoms with E-state index in [4.69, 9.17) is 0 Å². The maximum Gasteiger partial charge on any atom is 0.270 e. The fourth-order valence-electron chi connectivity index (χ4n) is 1.38. The summed E-state index contributed by atoms with van der Waals surface area (Å²) >= 11 is 3.40. The molecule has 0 radical (unpaired) electrons. The molecule has 1 amide bonds. The molecule has 0 N–H and O–H groups in total. The van der Waals surface area contributed by atoms with Crippen molar-refractivity contribution in [2.45, 2.75) is 26.8 Å². The third-order valence-corrected chi connectivity index (χ3v) is 2.85. The van der Waals surface area contributed by atoms with E-state index in [0.717, 1.165) is 16.7 Å². The normalized spacial score (nSPS) is 10.8. The first-order valence-corrected chi connectivity index (χ1v) is 5.89. The zero-order valence-corrected chi connectivity index (χ0v) is 11.2. The molecule has 0 bridgehead atoms. The Hall–Kier alpha value is -0.770. The van der Waals surface area contributed by atoms with Gasteiger partial charge < -0.3 is 9.47 Å². The summed E-state index contributed by atoms with van der Waals surface area (Å²) in [6.45, 7) is 6.82. The lowest BCUT2D eigenvalue weighted by Crippen LogP contribution is -2.28. The van der Waals surface area contributed by atoms with E-state index < -0.39 is 0 Å². The number of carbonyl (C=O) groups is 1. The van der Waals surface area contributed by atoms with Crippen LogP contribution in [0.2, 0.25) is 0 Å². The summed E-state index contributed by atoms with van der Waals surface area (Å²) < 4.78 is 2.93. The zero-order chi connectivity index (χ0) is 11.6. The molecule has 1 rings (SSSR count). The number of hydrogen-bond acceptors (Lipinski definition) is 1. The van der Waals surface area contributed by atoms with Gasteiger partial charge in [0.05, 0.1) is 0 Å². The molecule has 3 nitrogen and oxygen atoms in total. The molecule has 1 aromatic rings. The molecule has 1 aromatic heterocycles. The van der Waals surface area contributed by atoms with E-state index in [2.05, 4.69) is 29.8 Å². The van der Waals surface area contributed by atoms with Gasteiger partial charge in [-0.3, -0.25) is 4.79 Å². The second-order valence-electron chi connectivity index (χ2n) is 3.86. The van der Waals surface area contributed by atoms with Gasteiger partial charge in [0.25, 0.3) is 5.91 Å². The van der Waals surface area contributed by atoms with Gasteiger partial charge in [0.2, 0.25) is 0 Å². The van der Waals surface area contributed by atoms with Crippen molar-refractivity contribution in [3.05, 3.63) is 22.4 Å². The Morgan fingerprint density at radius 3 is 2.67 bits per heavy atom. The Morgan fingerprint density at radius 1 is 1.60 bits per heavy atom. The first-order valence-electron chi connectivity index (χ1n) is 5.10. The quantitative estimate of drug-likeness (QED) is 0.831. The van der Waals surface area contributed by atoms with Crippen LogP contribution in [-0.2, 0) is 0 Å². The highest BCUT2D eigenvalue weighted by atomic mass is 79.9. The summed E-state index contributed by atoms with van der Waals surface area (Å²) in [7, 11) is 1.81. The molecule has 15 heavy (non-hydrogen) atoms. The molecular formula is C11H17BrN2O. The largest absolute Gasteiger partial charge is 0.341 e. The molecule has 0 saturated carbocycles. The Morgan fingerprint density at radius 2 is 2.20 bits per heavy atom. The van der Waals surface area contributed by atoms with Crippen molar-refractivity contribution in [1.29, 1.82) is 0 Å². The van der Waals surface area contributed by atoms with Crippen molar-refractivity contribution in [3.63, 3.8) is 0 Å². The molecule has 1 heterocycles. The van der Waals surface area contributed by atoms with Crippen molar-refractivity contribution in [3.8, 4) is 0 Å². The van der Waals surface area contributed by atoms with Crippen molar-refractivity contribution in [2.24, 2.45) is 0 Å². The van der Waals surface area contributed by atoms with Crippen LogP contribution in [-0.4, -0.2) is 29.0 Å². The maximum atomic E-state index is 12.0. The Kier molecular flexibility index (Phi) is 3.97. The lowest BCUT2D eigenvalue weighted by molar-refractivity contribution is 0.0790. The SMILES string of the molecule is CCN(C)C(=O)c1cc(Br)cn1C(C)C. The number of halogens is 1. The second-order valence-corrected chi connectivity index (χ2v) is 4.78. The van der Waals surface area contributed by atoms with Gasteiger partial charge in [-0.15, -0.1) is 0 Å². The molecule has 84 valence electrons. The van der Waals surface area contributed by atoms with E-state index in [1.165, 1.54) is 0 Å². The summed E-state index contributed by atoms with van der Waals surface area (Å²) in [4.78, 5) is 13.7. The van der Waals surface area contributed by atoms with Crippen molar-refractivity contribution < 1.29 is 4.79 Å². The fourth-order valence-corrected chi connectivity index (χ4v) is 1.82. The standard InChI is InChI=1S/C11H17BrN2O/c1-5-13(4)11(15)10-6-9(12)7-14(10)8(2)3/h6-8H,5H2,1-4H3. The van der Waals surface area contributed by atoms with E-state index >= 15 is 0 Å². The minimum atomic E-state index is 0.0666. The fraction of sp³-hybridized carbons (Fsp3) is 0.545. The number of carbonyl (C=O) groups excluding carboxylic acids is 1. The highest BCUT2D eigenvalue weighted by Crippen LogP contribution is 2.20. The van der Waals surface area contributed by atoms with Crippen molar-refractivity contribution in [2.75, 3.05) is 13.6 Å². The minimum absolute atomic E-state index is 0.0666. The molecule has 0 fully saturated rings. The van der Waals surface area contributed by atoms with Gasteiger partial charge in [0, 0.05) is 30.3 Å². The molecule has 0 aliphatic heterocycles. The van der Waals surface area contributed by atoms with Crippen molar-refractivity contribution >= 4 is 21.8 Å². The summed E-state index contributed by atoms with van der Waals surface area (Å²) in [6.07, 6.45) is 1.95. The summed E-state index contributed by atoms with van der Waals surface area (Å²) in [5, 5.41) is 0. The van der Waals surface area contributed by atoms with Crippen LogP contribution in [0.5, 0.6) is 0 Å². The first-order chi connectivity index (χ1) is 6.97. The van der Waals surface area contributed by atoms with Crippen molar-refractivity contribution in [1.82, 2.24) is 9.47 Å². The predicted molar refractivity (Wildman–Crippen MR) is 65.2 cm³/mol. The molecule has 0 atom stereocenters. The topological polar surface area (TPSA) is 25.2 Å². The van der Waals surface area contributed by atoms with E-state index in [0.29, 0.717) is 6.04 Å². The van der Waals surface area contributed by atoms with Crippen LogP contribution in [0.3, 0.4) is 0 Å². The van der Waals surface area contributed by atoms with Crippen LogP contribution in [0.4, 0.5) is 0 Å². The van der Waals surface area contributed by atoms with Crippen LogP contribution >= 0.6 is 15.9 Å². The van der Waals surface area contributed by atoms with Gasteiger partial charge in [-0.25, -0.2) is 0 Å². The Labute approximate surface area is 99.2 Å². The van der Waals surface area contributed by atoms with E-state index in [1.54, 1.807) is 4.90 Å². The lowest BCUT2D eigenvalue weighted by atomic mass is 10.3. The molecule has 0 saturated heterocycles. The van der Waals surface area contributed by atoms with Gasteiger partial charge in [0.15, 0.2) is 0 Å². The third kappa shape index (κ3) is 2.62. The van der Waals surface area contributed by atoms with Gasteiger partial charge in [-0.05, 0) is 42.8 Å². The van der Waals surface area contributed by atoms with E-state index in [-0.39, 0.29) is 5.91 Å². The average Bonchev–Trinajstić information content (AvgIpc) is 2.58. The summed E-state index contributed by atoms with van der Waals surface area (Å²) in [6, 6.07) is 2.16. The summed E-state index contributed by atoms with van der Waals surface area (Å²) in [5.41, 5.74) is 0.737. The molecular weight excluding hydrogens is 256 g/mol. The van der Waals surface area contributed by atoms with Gasteiger partial charge in [0.1, 0.15) is 5.69 Å². The van der Waals surface area contributed by atoms with Gasteiger partial charge in [-0.1, -0.05) is 0 Å². The van der Waals surface area contributed by atoms with Crippen LogP contribution in [0, 0.1) is 0 Å². The molecule has 0 unspecified atom stereocenters. The van der Waals surface area contributed by atoms with Crippen LogP contribution < -0.4 is 0 Å². The van der Waals surface area contributed by atoms with Crippen LogP contribution in [0.1, 0.15) is 37.3 Å². The van der Waals surface area contributed by atoms with E-state index in [1.807, 2.05) is 30.8 Å². The van der Waals surface area contributed by atoms with Gasteiger partial charge >= 0.3 is 0 Å². The van der Waals surface area contributed by atoms with Crippen LogP contribution in [0.25, 0.3) is 0 Å². The highest BCUT2D eigenvalue weighted by molar-refractivity contribution is 9.10. The van der Waals surface area contributed by atoms with E-state index in [9.17, 15) is 4.79 Å². The molecule has 0 aliphatic rings. The lowest BCUT2D eigenvalue weighted by Gasteiger charge is -2.17. The van der Waals surface area contributed by atoms with Crippen LogP contribution in [0.15, 0.2) is 16.7 Å². The number of rotatable bonds is 3. The molecule has 0 aromatic carbocycles. The Bertz CT molecular complexity index is 357. The first kappa shape index (κ1) is 12.3. The molecule has 4 heteroatoms. The predicted octanol–water partition coefficient (Wildman–Crippen LogP) is 2.92. The smallest absolute Gasteiger partial charge is 0.270 e. The number of aromatic nitrogens is 1. The zero-order valence-electron chi connectivity index (χ0n) is 9.62. The third-order valence-electron chi connectivity index (χ3n) is 2.41. The average molecular weight is 273 g/mol. The maximum absolute atomic E-state index is 12.0. The number of amides is 1. The number of hydrogen-bond donors (Lipinski definition) is 0. The Balaban J connectivity index is 3.07. The second kappa shape index (κ2) is 4.84. The monoisotopic (exact) mass is 272 g/mol. The highest BCUT2D eigenvalue weighted by Gasteiger charge is 2.17. The number of nitrogens with zero attached hydrogens (tertiary/aromatic N) is 2. The van der Waals surface area contributed by atoms with Gasteiger partial charge in [-0.2, -0.15) is 0 Å². The molecule has 0 aliphatic carbocycles. The minimum Gasteiger partial charge on any atom is -0.341 e. The summed E-state index contributed by atoms with van der Waals surface area (Å²) in [5.74, 6) is 0.0666.